The molecule has 2 heterocycles. The van der Waals surface area contributed by atoms with E-state index in [1.54, 1.807) is 37.3 Å². The maximum absolute atomic E-state index is 13.5. The molecule has 0 N–H and O–H groups in total. The molecule has 2 aliphatic heterocycles. The number of hydrogen-bond acceptors (Lipinski definition) is 4. The summed E-state index contributed by atoms with van der Waals surface area (Å²) >= 11 is 0. The van der Waals surface area contributed by atoms with Crippen molar-refractivity contribution in [2.45, 2.75) is 31.7 Å². The van der Waals surface area contributed by atoms with Gasteiger partial charge in [0.15, 0.2) is 0 Å². The van der Waals surface area contributed by atoms with Crippen LogP contribution in [0.5, 0.6) is 0 Å². The van der Waals surface area contributed by atoms with Crippen LogP contribution in [0, 0.1) is 23.2 Å². The standard InChI is InChI=1S/C20H18N3O3S/c1-13-8-15(10-21)9-18-17(13)6-7-23(18)27(25,26)19-5-3-4-16-12-22(24)11-14(2)20(16)19/h3-5,8-9,11H,6-7,12H2,1-2H3/q+1. The molecule has 0 bridgehead atoms. The average molecular weight is 380 g/mol. The smallest absolute Gasteiger partial charge is 0.264 e. The average Bonchev–Trinajstić information content (AvgIpc) is 3.06. The van der Waals surface area contributed by atoms with Crippen LogP contribution in [-0.4, -0.2) is 19.7 Å². The second-order valence-electron chi connectivity index (χ2n) is 6.91. The molecule has 7 heteroatoms. The molecule has 2 aromatic rings. The number of hydrogen-bond donors (Lipinski definition) is 0. The summed E-state index contributed by atoms with van der Waals surface area (Å²) in [7, 11) is -3.82. The normalized spacial score (nSPS) is 15.8. The maximum Gasteiger partial charge on any atom is 0.264 e. The third-order valence-corrected chi connectivity index (χ3v) is 7.01. The fourth-order valence-electron chi connectivity index (χ4n) is 3.98. The van der Waals surface area contributed by atoms with Crippen LogP contribution in [-0.2, 0) is 23.0 Å². The van der Waals surface area contributed by atoms with E-state index in [2.05, 4.69) is 6.07 Å². The highest BCUT2D eigenvalue weighted by Gasteiger charge is 2.36. The Morgan fingerprint density at radius 3 is 2.74 bits per heavy atom. The molecule has 0 saturated heterocycles. The van der Waals surface area contributed by atoms with Crippen molar-refractivity contribution >= 4 is 21.3 Å². The number of aryl methyl sites for hydroxylation is 1. The Labute approximate surface area is 158 Å². The molecule has 2 aliphatic rings. The first-order valence-electron chi connectivity index (χ1n) is 8.63. The van der Waals surface area contributed by atoms with Crippen molar-refractivity contribution in [3.8, 4) is 6.07 Å². The first kappa shape index (κ1) is 17.4. The molecule has 27 heavy (non-hydrogen) atoms. The van der Waals surface area contributed by atoms with Gasteiger partial charge in [-0.15, -0.1) is 0 Å². The Morgan fingerprint density at radius 1 is 1.22 bits per heavy atom. The molecule has 0 unspecified atom stereocenters. The Morgan fingerprint density at radius 2 is 2.00 bits per heavy atom. The number of anilines is 1. The number of rotatable bonds is 2. The lowest BCUT2D eigenvalue weighted by Crippen LogP contribution is -2.30. The molecule has 0 atom stereocenters. The zero-order valence-corrected chi connectivity index (χ0v) is 15.9. The van der Waals surface area contributed by atoms with Crippen molar-refractivity contribution in [3.63, 3.8) is 0 Å². The predicted octanol–water partition coefficient (Wildman–Crippen LogP) is 3.27. The van der Waals surface area contributed by atoms with Crippen molar-refractivity contribution in [2.75, 3.05) is 10.8 Å². The van der Waals surface area contributed by atoms with E-state index in [1.165, 1.54) is 10.5 Å². The van der Waals surface area contributed by atoms with Crippen molar-refractivity contribution in [3.05, 3.63) is 69.3 Å². The molecule has 0 radical (unpaired) electrons. The molecule has 0 spiro atoms. The van der Waals surface area contributed by atoms with Crippen molar-refractivity contribution in [1.29, 1.82) is 5.26 Å². The Kier molecular flexibility index (Phi) is 3.89. The number of nitrogens with zero attached hydrogens (tertiary/aromatic N) is 3. The second-order valence-corrected chi connectivity index (χ2v) is 8.74. The van der Waals surface area contributed by atoms with E-state index < -0.39 is 10.0 Å². The maximum atomic E-state index is 13.5. The Bertz CT molecular complexity index is 1170. The second kappa shape index (κ2) is 6.03. The summed E-state index contributed by atoms with van der Waals surface area (Å²) in [5.41, 5.74) is 4.84. The Hall–Kier alpha value is -2.98. The molecular formula is C20H18N3O3S+. The lowest BCUT2D eigenvalue weighted by atomic mass is 9.99. The van der Waals surface area contributed by atoms with Gasteiger partial charge in [0, 0.05) is 32.9 Å². The van der Waals surface area contributed by atoms with Crippen LogP contribution in [0.1, 0.15) is 34.7 Å². The van der Waals surface area contributed by atoms with E-state index in [9.17, 15) is 18.6 Å². The van der Waals surface area contributed by atoms with E-state index >= 15 is 0 Å². The van der Waals surface area contributed by atoms with Gasteiger partial charge in [-0.25, -0.2) is 8.42 Å². The van der Waals surface area contributed by atoms with Crippen LogP contribution in [0.25, 0.3) is 5.57 Å². The van der Waals surface area contributed by atoms with Gasteiger partial charge < -0.3 is 0 Å². The number of nitroso groups, excluding NO2 is 1. The number of benzene rings is 2. The van der Waals surface area contributed by atoms with Gasteiger partial charge in [0.1, 0.15) is 0 Å². The molecular weight excluding hydrogens is 362 g/mol. The number of sulfonamides is 1. The van der Waals surface area contributed by atoms with Gasteiger partial charge >= 0.3 is 0 Å². The summed E-state index contributed by atoms with van der Waals surface area (Å²) in [6.07, 6.45) is 2.04. The monoisotopic (exact) mass is 380 g/mol. The first-order chi connectivity index (χ1) is 12.8. The highest BCUT2D eigenvalue weighted by molar-refractivity contribution is 7.93. The van der Waals surface area contributed by atoms with Crippen LogP contribution in [0.3, 0.4) is 0 Å². The molecule has 0 saturated carbocycles. The van der Waals surface area contributed by atoms with Gasteiger partial charge in [0.25, 0.3) is 10.0 Å². The SMILES string of the molecule is CC1=C[N+](=O)Cc2cccc(S(=O)(=O)N3CCc4c(C)cc(C#N)cc43)c21. The minimum atomic E-state index is -3.82. The molecule has 0 amide bonds. The highest BCUT2D eigenvalue weighted by Crippen LogP contribution is 2.39. The van der Waals surface area contributed by atoms with E-state index in [4.69, 9.17) is 0 Å². The summed E-state index contributed by atoms with van der Waals surface area (Å²) in [5.74, 6) is 0. The summed E-state index contributed by atoms with van der Waals surface area (Å²) in [5, 5.41) is 9.26. The molecule has 0 fully saturated rings. The van der Waals surface area contributed by atoms with Crippen molar-refractivity contribution in [1.82, 2.24) is 0 Å². The highest BCUT2D eigenvalue weighted by atomic mass is 32.2. The van der Waals surface area contributed by atoms with Crippen LogP contribution >= 0.6 is 0 Å². The van der Waals surface area contributed by atoms with E-state index in [1.807, 2.05) is 6.92 Å². The van der Waals surface area contributed by atoms with E-state index in [-0.39, 0.29) is 11.4 Å². The molecule has 4 rings (SSSR count). The van der Waals surface area contributed by atoms with E-state index in [0.29, 0.717) is 40.9 Å². The van der Waals surface area contributed by atoms with Gasteiger partial charge in [0.05, 0.1) is 22.2 Å². The van der Waals surface area contributed by atoms with Gasteiger partial charge in [-0.3, -0.25) is 4.31 Å². The predicted molar refractivity (Wildman–Crippen MR) is 102 cm³/mol. The fraction of sp³-hybridized carbons (Fsp3) is 0.250. The zero-order chi connectivity index (χ0) is 19.3. The molecule has 0 aromatic heterocycles. The minimum Gasteiger partial charge on any atom is -0.266 e. The number of nitriles is 1. The van der Waals surface area contributed by atoms with Gasteiger partial charge in [-0.05, 0) is 49.6 Å². The third-order valence-electron chi connectivity index (χ3n) is 5.15. The molecule has 6 nitrogen and oxygen atoms in total. The third kappa shape index (κ3) is 2.64. The quantitative estimate of drug-likeness (QED) is 0.749. The van der Waals surface area contributed by atoms with Crippen molar-refractivity contribution < 1.29 is 13.2 Å². The minimum absolute atomic E-state index is 0.129. The van der Waals surface area contributed by atoms with Crippen molar-refractivity contribution in [2.24, 2.45) is 0 Å². The fourth-order valence-corrected chi connectivity index (χ4v) is 5.77. The van der Waals surface area contributed by atoms with Gasteiger partial charge in [-0.1, -0.05) is 12.1 Å². The van der Waals surface area contributed by atoms with Crippen LogP contribution in [0.2, 0.25) is 0 Å². The summed E-state index contributed by atoms with van der Waals surface area (Å²) < 4.78 is 29.3. The number of allylic oxidation sites excluding steroid dienone is 1. The number of fused-ring (bicyclic) bond motifs is 2. The summed E-state index contributed by atoms with van der Waals surface area (Å²) in [6.45, 7) is 4.12. The van der Waals surface area contributed by atoms with Gasteiger partial charge in [-0.2, -0.15) is 5.26 Å². The molecule has 0 aliphatic carbocycles. The van der Waals surface area contributed by atoms with Crippen LogP contribution < -0.4 is 4.31 Å². The summed E-state index contributed by atoms with van der Waals surface area (Å²) in [4.78, 5) is 12.0. The van der Waals surface area contributed by atoms with Gasteiger partial charge in [0.2, 0.25) is 12.7 Å². The Balaban J connectivity index is 1.90. The topological polar surface area (TPSA) is 81.2 Å². The lowest BCUT2D eigenvalue weighted by molar-refractivity contribution is -0.497. The molecule has 2 aromatic carbocycles. The molecule has 136 valence electrons. The first-order valence-corrected chi connectivity index (χ1v) is 10.1. The van der Waals surface area contributed by atoms with E-state index in [0.717, 1.165) is 15.9 Å². The summed E-state index contributed by atoms with van der Waals surface area (Å²) in [6, 6.07) is 10.6. The zero-order valence-electron chi connectivity index (χ0n) is 15.1. The lowest BCUT2D eigenvalue weighted by Gasteiger charge is -2.23. The van der Waals surface area contributed by atoms with Crippen LogP contribution in [0.4, 0.5) is 5.69 Å². The largest absolute Gasteiger partial charge is 0.266 e. The van der Waals surface area contributed by atoms with Crippen LogP contribution in [0.15, 0.2) is 41.4 Å².